The smallest absolute Gasteiger partial charge is 0.240 e. The zero-order valence-corrected chi connectivity index (χ0v) is 11.2. The van der Waals surface area contributed by atoms with Crippen molar-refractivity contribution >= 4 is 5.91 Å². The lowest BCUT2D eigenvalue weighted by Gasteiger charge is -2.32. The van der Waals surface area contributed by atoms with Crippen molar-refractivity contribution in [3.8, 4) is 0 Å². The van der Waals surface area contributed by atoms with Gasteiger partial charge in [-0.05, 0) is 25.9 Å². The lowest BCUT2D eigenvalue weighted by molar-refractivity contribution is -0.130. The normalized spacial score (nSPS) is 22.2. The van der Waals surface area contributed by atoms with Gasteiger partial charge in [0, 0.05) is 13.1 Å². The Labute approximate surface area is 99.0 Å². The molecule has 1 saturated heterocycles. The molecule has 1 unspecified atom stereocenters. The number of amides is 1. The molecule has 4 heteroatoms. The quantitative estimate of drug-likeness (QED) is 0.752. The van der Waals surface area contributed by atoms with E-state index in [1.165, 1.54) is 0 Å². The highest BCUT2D eigenvalue weighted by Crippen LogP contribution is 2.20. The molecule has 1 atom stereocenters. The van der Waals surface area contributed by atoms with Crippen LogP contribution in [0.3, 0.4) is 0 Å². The first-order chi connectivity index (χ1) is 7.35. The molecule has 1 heterocycles. The maximum absolute atomic E-state index is 11.9. The average Bonchev–Trinajstić information content (AvgIpc) is 2.45. The molecule has 0 bridgehead atoms. The Bertz CT molecular complexity index is 251. The van der Waals surface area contributed by atoms with Crippen LogP contribution in [0.4, 0.5) is 0 Å². The van der Waals surface area contributed by atoms with Crippen LogP contribution < -0.4 is 5.32 Å². The molecule has 16 heavy (non-hydrogen) atoms. The molecule has 0 spiro atoms. The Morgan fingerprint density at radius 3 is 2.56 bits per heavy atom. The van der Waals surface area contributed by atoms with Gasteiger partial charge in [-0.25, -0.2) is 0 Å². The summed E-state index contributed by atoms with van der Waals surface area (Å²) in [5.74, 6) is 0.259. The predicted molar refractivity (Wildman–Crippen MR) is 66.1 cm³/mol. The Balaban J connectivity index is 2.52. The third-order valence-corrected chi connectivity index (χ3v) is 2.91. The highest BCUT2D eigenvalue weighted by molar-refractivity contribution is 5.83. The largest absolute Gasteiger partial charge is 0.328 e. The van der Waals surface area contributed by atoms with Crippen LogP contribution in [0, 0.1) is 5.41 Å². The highest BCUT2D eigenvalue weighted by Gasteiger charge is 2.33. The highest BCUT2D eigenvalue weighted by atomic mass is 16.2. The number of hydrogen-bond acceptors (Lipinski definition) is 3. The van der Waals surface area contributed by atoms with Gasteiger partial charge in [0.25, 0.3) is 0 Å². The number of rotatable bonds is 5. The van der Waals surface area contributed by atoms with Gasteiger partial charge in [-0.3, -0.25) is 10.1 Å². The van der Waals surface area contributed by atoms with Gasteiger partial charge in [-0.15, -0.1) is 0 Å². The third-order valence-electron chi connectivity index (χ3n) is 2.91. The van der Waals surface area contributed by atoms with Crippen LogP contribution in [0.15, 0.2) is 0 Å². The summed E-state index contributed by atoms with van der Waals surface area (Å²) in [6, 6.07) is 0.0372. The van der Waals surface area contributed by atoms with Crippen molar-refractivity contribution in [2.75, 3.05) is 33.9 Å². The number of hydrogen-bond donors (Lipinski definition) is 1. The number of carbonyl (C=O) groups is 1. The van der Waals surface area contributed by atoms with Gasteiger partial charge in [0.2, 0.25) is 5.91 Å². The van der Waals surface area contributed by atoms with E-state index in [4.69, 9.17) is 0 Å². The van der Waals surface area contributed by atoms with Crippen LogP contribution in [-0.4, -0.2) is 55.6 Å². The van der Waals surface area contributed by atoms with Gasteiger partial charge in [-0.1, -0.05) is 20.8 Å². The maximum atomic E-state index is 11.9. The Kier molecular flexibility index (Phi) is 4.33. The molecule has 0 aromatic carbocycles. The van der Waals surface area contributed by atoms with Gasteiger partial charge in [0.05, 0.1) is 12.7 Å². The van der Waals surface area contributed by atoms with Crippen LogP contribution in [0.2, 0.25) is 0 Å². The minimum atomic E-state index is 0.0372. The summed E-state index contributed by atoms with van der Waals surface area (Å²) in [6.07, 6.45) is 0.878. The van der Waals surface area contributed by atoms with E-state index in [1.807, 2.05) is 11.8 Å². The first-order valence-corrected chi connectivity index (χ1v) is 6.02. The van der Waals surface area contributed by atoms with Crippen molar-refractivity contribution < 1.29 is 4.79 Å². The molecule has 0 radical (unpaired) electrons. The molecule has 1 aliphatic rings. The molecule has 1 rings (SSSR count). The molecule has 1 aliphatic heterocycles. The van der Waals surface area contributed by atoms with Gasteiger partial charge >= 0.3 is 0 Å². The summed E-state index contributed by atoms with van der Waals surface area (Å²) >= 11 is 0. The topological polar surface area (TPSA) is 35.6 Å². The number of carbonyl (C=O) groups excluding carboxylic acids is 1. The van der Waals surface area contributed by atoms with Crippen molar-refractivity contribution in [2.45, 2.75) is 33.2 Å². The lowest BCUT2D eigenvalue weighted by atomic mass is 9.92. The van der Waals surface area contributed by atoms with Crippen molar-refractivity contribution in [1.29, 1.82) is 0 Å². The van der Waals surface area contributed by atoms with E-state index in [-0.39, 0.29) is 17.4 Å². The Morgan fingerprint density at radius 2 is 2.12 bits per heavy atom. The molecule has 0 aliphatic carbocycles. The van der Waals surface area contributed by atoms with E-state index in [1.54, 1.807) is 0 Å². The molecular weight excluding hydrogens is 202 g/mol. The summed E-state index contributed by atoms with van der Waals surface area (Å²) in [7, 11) is 4.14. The third kappa shape index (κ3) is 3.46. The van der Waals surface area contributed by atoms with Crippen molar-refractivity contribution in [3.05, 3.63) is 0 Å². The standard InChI is InChI=1S/C12H25N3O/c1-6-10-11(16)15(9-13-10)8-12(2,3)7-14(4)5/h10,13H,6-9H2,1-5H3. The van der Waals surface area contributed by atoms with Crippen molar-refractivity contribution in [1.82, 2.24) is 15.1 Å². The zero-order valence-electron chi connectivity index (χ0n) is 11.2. The van der Waals surface area contributed by atoms with Crippen molar-refractivity contribution in [2.24, 2.45) is 5.41 Å². The van der Waals surface area contributed by atoms with Gasteiger partial charge in [0.1, 0.15) is 0 Å². The molecule has 4 nitrogen and oxygen atoms in total. The molecule has 1 N–H and O–H groups in total. The molecular formula is C12H25N3O. The SMILES string of the molecule is CCC1NCN(CC(C)(C)CN(C)C)C1=O. The second-order valence-electron chi connectivity index (χ2n) is 5.76. The molecule has 1 fully saturated rings. The fourth-order valence-corrected chi connectivity index (χ4v) is 2.48. The molecule has 1 amide bonds. The van der Waals surface area contributed by atoms with Crippen molar-refractivity contribution in [3.63, 3.8) is 0 Å². The van der Waals surface area contributed by atoms with Crippen LogP contribution in [0.1, 0.15) is 27.2 Å². The van der Waals surface area contributed by atoms with Gasteiger partial charge in [-0.2, -0.15) is 0 Å². The monoisotopic (exact) mass is 227 g/mol. The second kappa shape index (κ2) is 5.15. The first kappa shape index (κ1) is 13.5. The Morgan fingerprint density at radius 1 is 1.50 bits per heavy atom. The van der Waals surface area contributed by atoms with E-state index in [0.29, 0.717) is 6.67 Å². The summed E-state index contributed by atoms with van der Waals surface area (Å²) < 4.78 is 0. The maximum Gasteiger partial charge on any atom is 0.240 e. The number of nitrogens with one attached hydrogen (secondary N) is 1. The zero-order chi connectivity index (χ0) is 12.3. The van der Waals surface area contributed by atoms with E-state index >= 15 is 0 Å². The molecule has 0 aromatic heterocycles. The second-order valence-corrected chi connectivity index (χ2v) is 5.76. The summed E-state index contributed by atoms with van der Waals surface area (Å²) in [5.41, 5.74) is 0.142. The van der Waals surface area contributed by atoms with Crippen LogP contribution >= 0.6 is 0 Å². The minimum absolute atomic E-state index is 0.0372. The first-order valence-electron chi connectivity index (χ1n) is 6.02. The number of nitrogens with zero attached hydrogens (tertiary/aromatic N) is 2. The fraction of sp³-hybridized carbons (Fsp3) is 0.917. The lowest BCUT2D eigenvalue weighted by Crippen LogP contribution is -2.41. The average molecular weight is 227 g/mol. The van der Waals surface area contributed by atoms with E-state index in [0.717, 1.165) is 19.5 Å². The van der Waals surface area contributed by atoms with Crippen LogP contribution in [-0.2, 0) is 4.79 Å². The fourth-order valence-electron chi connectivity index (χ4n) is 2.48. The van der Waals surface area contributed by atoms with E-state index < -0.39 is 0 Å². The minimum Gasteiger partial charge on any atom is -0.328 e. The Hall–Kier alpha value is -0.610. The molecule has 94 valence electrons. The van der Waals surface area contributed by atoms with E-state index in [2.05, 4.69) is 38.2 Å². The van der Waals surface area contributed by atoms with Crippen LogP contribution in [0.25, 0.3) is 0 Å². The van der Waals surface area contributed by atoms with Gasteiger partial charge in [0.15, 0.2) is 0 Å². The predicted octanol–water partition coefficient (Wildman–Crippen LogP) is 0.742. The van der Waals surface area contributed by atoms with Crippen LogP contribution in [0.5, 0.6) is 0 Å². The van der Waals surface area contributed by atoms with Gasteiger partial charge < -0.3 is 9.80 Å². The molecule has 0 aromatic rings. The molecule has 0 saturated carbocycles. The summed E-state index contributed by atoms with van der Waals surface area (Å²) in [4.78, 5) is 16.1. The summed E-state index contributed by atoms with van der Waals surface area (Å²) in [6.45, 7) is 8.98. The van der Waals surface area contributed by atoms with E-state index in [9.17, 15) is 4.79 Å². The summed E-state index contributed by atoms with van der Waals surface area (Å²) in [5, 5.41) is 3.24.